The van der Waals surface area contributed by atoms with E-state index in [0.717, 1.165) is 28.3 Å². The molecule has 4 aromatic rings. The van der Waals surface area contributed by atoms with Crippen LogP contribution in [0.25, 0.3) is 33.3 Å². The summed E-state index contributed by atoms with van der Waals surface area (Å²) in [5, 5.41) is 19.5. The maximum Gasteiger partial charge on any atom is 0.347 e. The second-order valence-corrected chi connectivity index (χ2v) is 10.3. The number of nitrogens with zero attached hydrogens (tertiary/aromatic N) is 2. The zero-order chi connectivity index (χ0) is 25.4. The van der Waals surface area contributed by atoms with Crippen LogP contribution in [0.5, 0.6) is 5.75 Å². The van der Waals surface area contributed by atoms with Gasteiger partial charge in [0.15, 0.2) is 5.60 Å². The number of aromatic nitrogens is 2. The Balaban J connectivity index is 1.72. The number of fused-ring (bicyclic) bond motifs is 1. The van der Waals surface area contributed by atoms with Crippen molar-refractivity contribution in [3.8, 4) is 34.1 Å². The standard InChI is InChI=1S/C25H22N4O5S/c1-25(2,24(30)31)34-20-6-4-16(5-7-20)18-11-21-22(14-28-23(21)27-13-18)17-8-15(12-26)9-19(10-17)29-35(3,32)33/h4-11,13-14,29H,1-3H3,(H,27,28)(H,30,31). The van der Waals surface area contributed by atoms with Gasteiger partial charge in [-0.05, 0) is 61.4 Å². The number of carboxylic acid groups (broad SMARTS) is 1. The average molecular weight is 491 g/mol. The number of carbonyl (C=O) groups is 1. The molecule has 0 aliphatic rings. The van der Waals surface area contributed by atoms with E-state index in [1.54, 1.807) is 36.7 Å². The van der Waals surface area contributed by atoms with Gasteiger partial charge < -0.3 is 14.8 Å². The number of aliphatic carboxylic acids is 1. The van der Waals surface area contributed by atoms with Gasteiger partial charge in [-0.25, -0.2) is 18.2 Å². The molecule has 3 N–H and O–H groups in total. The molecule has 0 radical (unpaired) electrons. The molecule has 9 nitrogen and oxygen atoms in total. The first-order chi connectivity index (χ1) is 16.4. The van der Waals surface area contributed by atoms with Gasteiger partial charge in [0, 0.05) is 28.9 Å². The number of pyridine rings is 1. The zero-order valence-electron chi connectivity index (χ0n) is 19.2. The highest BCUT2D eigenvalue weighted by Crippen LogP contribution is 2.33. The van der Waals surface area contributed by atoms with Crippen molar-refractivity contribution in [1.29, 1.82) is 5.26 Å². The molecule has 0 bridgehead atoms. The van der Waals surface area contributed by atoms with Crippen LogP contribution in [0, 0.1) is 11.3 Å². The minimum absolute atomic E-state index is 0.292. The van der Waals surface area contributed by atoms with Gasteiger partial charge in [0.05, 0.1) is 23.6 Å². The first-order valence-corrected chi connectivity index (χ1v) is 12.4. The third-order valence-electron chi connectivity index (χ3n) is 5.28. The van der Waals surface area contributed by atoms with E-state index in [0.29, 0.717) is 28.2 Å². The molecule has 2 heterocycles. The summed E-state index contributed by atoms with van der Waals surface area (Å²) in [5.74, 6) is -0.636. The maximum absolute atomic E-state index is 11.7. The Hall–Kier alpha value is -4.36. The Morgan fingerprint density at radius 3 is 2.46 bits per heavy atom. The second kappa shape index (κ2) is 8.77. The fraction of sp³-hybridized carbons (Fsp3) is 0.160. The third-order valence-corrected chi connectivity index (χ3v) is 5.89. The number of rotatable bonds is 7. The van der Waals surface area contributed by atoms with E-state index in [1.807, 2.05) is 18.2 Å². The van der Waals surface area contributed by atoms with E-state index in [4.69, 9.17) is 4.74 Å². The minimum Gasteiger partial charge on any atom is -0.478 e. The molecule has 0 aliphatic heterocycles. The SMILES string of the molecule is CC(C)(Oc1ccc(-c2cnc3[nH]cc(-c4cc(C#N)cc(NS(C)(=O)=O)c4)c3c2)cc1)C(=O)O. The molecule has 178 valence electrons. The van der Waals surface area contributed by atoms with Gasteiger partial charge in [-0.15, -0.1) is 0 Å². The van der Waals surface area contributed by atoms with Gasteiger partial charge in [-0.3, -0.25) is 4.72 Å². The first kappa shape index (κ1) is 23.8. The molecule has 0 atom stereocenters. The Labute approximate surface area is 202 Å². The Morgan fingerprint density at radius 2 is 1.83 bits per heavy atom. The normalized spacial score (nSPS) is 11.7. The summed E-state index contributed by atoms with van der Waals surface area (Å²) in [4.78, 5) is 18.9. The zero-order valence-corrected chi connectivity index (χ0v) is 20.0. The van der Waals surface area contributed by atoms with Crippen LogP contribution in [0.3, 0.4) is 0 Å². The van der Waals surface area contributed by atoms with E-state index in [-0.39, 0.29) is 0 Å². The number of anilines is 1. The van der Waals surface area contributed by atoms with Crippen LogP contribution < -0.4 is 9.46 Å². The highest BCUT2D eigenvalue weighted by atomic mass is 32.2. The van der Waals surface area contributed by atoms with E-state index in [2.05, 4.69) is 20.8 Å². The van der Waals surface area contributed by atoms with Crippen LogP contribution in [0.2, 0.25) is 0 Å². The summed E-state index contributed by atoms with van der Waals surface area (Å²) in [6.07, 6.45) is 4.52. The van der Waals surface area contributed by atoms with Gasteiger partial charge >= 0.3 is 5.97 Å². The molecule has 0 amide bonds. The van der Waals surface area contributed by atoms with Crippen molar-refractivity contribution in [2.75, 3.05) is 11.0 Å². The van der Waals surface area contributed by atoms with Gasteiger partial charge in [-0.2, -0.15) is 5.26 Å². The largest absolute Gasteiger partial charge is 0.478 e. The number of hydrogen-bond acceptors (Lipinski definition) is 6. The minimum atomic E-state index is -3.52. The van der Waals surface area contributed by atoms with Crippen molar-refractivity contribution >= 4 is 32.7 Å². The first-order valence-electron chi connectivity index (χ1n) is 10.5. The predicted octanol–water partition coefficient (Wildman–Crippen LogP) is 4.38. The molecule has 4 rings (SSSR count). The number of nitriles is 1. The Kier molecular flexibility index (Phi) is 5.96. The van der Waals surface area contributed by atoms with Crippen molar-refractivity contribution in [3.05, 3.63) is 66.5 Å². The lowest BCUT2D eigenvalue weighted by molar-refractivity contribution is -0.152. The number of H-pyrrole nitrogens is 1. The fourth-order valence-corrected chi connectivity index (χ4v) is 4.12. The van der Waals surface area contributed by atoms with Crippen molar-refractivity contribution in [2.45, 2.75) is 19.4 Å². The Bertz CT molecular complexity index is 1580. The smallest absolute Gasteiger partial charge is 0.347 e. The topological polar surface area (TPSA) is 145 Å². The molecule has 10 heteroatoms. The van der Waals surface area contributed by atoms with Crippen LogP contribution in [0.1, 0.15) is 19.4 Å². The summed E-state index contributed by atoms with van der Waals surface area (Å²) in [5.41, 5.74) is 2.95. The molecule has 0 unspecified atom stereocenters. The third kappa shape index (κ3) is 5.26. The summed E-state index contributed by atoms with van der Waals surface area (Å²) in [6.45, 7) is 2.96. The quantitative estimate of drug-likeness (QED) is 0.348. The van der Waals surface area contributed by atoms with E-state index in [1.165, 1.54) is 19.9 Å². The van der Waals surface area contributed by atoms with Crippen molar-refractivity contribution < 1.29 is 23.1 Å². The lowest BCUT2D eigenvalue weighted by Crippen LogP contribution is -2.37. The molecule has 2 aromatic heterocycles. The summed E-state index contributed by atoms with van der Waals surface area (Å²) >= 11 is 0. The number of sulfonamides is 1. The highest BCUT2D eigenvalue weighted by molar-refractivity contribution is 7.92. The highest BCUT2D eigenvalue weighted by Gasteiger charge is 2.29. The number of carboxylic acids is 1. The predicted molar refractivity (Wildman–Crippen MR) is 132 cm³/mol. The van der Waals surface area contributed by atoms with Gasteiger partial charge in [0.25, 0.3) is 0 Å². The van der Waals surface area contributed by atoms with E-state index >= 15 is 0 Å². The monoisotopic (exact) mass is 490 g/mol. The molecule has 0 aliphatic carbocycles. The van der Waals surface area contributed by atoms with Gasteiger partial charge in [-0.1, -0.05) is 12.1 Å². The van der Waals surface area contributed by atoms with Crippen LogP contribution in [-0.2, 0) is 14.8 Å². The number of benzene rings is 2. The molecule has 0 saturated heterocycles. The number of aromatic amines is 1. The van der Waals surface area contributed by atoms with Gasteiger partial charge in [0.2, 0.25) is 10.0 Å². The van der Waals surface area contributed by atoms with E-state index < -0.39 is 21.6 Å². The molecule has 0 spiro atoms. The van der Waals surface area contributed by atoms with Crippen molar-refractivity contribution in [3.63, 3.8) is 0 Å². The van der Waals surface area contributed by atoms with Crippen LogP contribution >= 0.6 is 0 Å². The Morgan fingerprint density at radius 1 is 1.11 bits per heavy atom. The van der Waals surface area contributed by atoms with Crippen LogP contribution in [0.15, 0.2) is 60.9 Å². The fourth-order valence-electron chi connectivity index (χ4n) is 3.57. The lowest BCUT2D eigenvalue weighted by atomic mass is 10.0. The van der Waals surface area contributed by atoms with Crippen LogP contribution in [-0.4, -0.2) is 41.3 Å². The van der Waals surface area contributed by atoms with Gasteiger partial charge in [0.1, 0.15) is 11.4 Å². The summed E-state index contributed by atoms with van der Waals surface area (Å²) < 4.78 is 31.4. The molecule has 0 fully saturated rings. The molecular weight excluding hydrogens is 468 g/mol. The number of ether oxygens (including phenoxy) is 1. The number of hydrogen-bond donors (Lipinski definition) is 3. The molecule has 2 aromatic carbocycles. The molecule has 0 saturated carbocycles. The maximum atomic E-state index is 11.7. The molecular formula is C25H22N4O5S. The summed E-state index contributed by atoms with van der Waals surface area (Å²) in [7, 11) is -3.52. The average Bonchev–Trinajstić information content (AvgIpc) is 3.21. The number of nitrogens with one attached hydrogen (secondary N) is 2. The van der Waals surface area contributed by atoms with Crippen molar-refractivity contribution in [2.24, 2.45) is 0 Å². The summed E-state index contributed by atoms with van der Waals surface area (Å²) in [6, 6.07) is 15.8. The lowest BCUT2D eigenvalue weighted by Gasteiger charge is -2.21. The van der Waals surface area contributed by atoms with E-state index in [9.17, 15) is 23.6 Å². The second-order valence-electron chi connectivity index (χ2n) is 8.55. The molecule has 35 heavy (non-hydrogen) atoms. The van der Waals surface area contributed by atoms with Crippen LogP contribution in [0.4, 0.5) is 5.69 Å². The van der Waals surface area contributed by atoms with Crippen molar-refractivity contribution in [1.82, 2.24) is 9.97 Å².